The molecular formula is C12H16N2O4S. The molecule has 0 spiro atoms. The van der Waals surface area contributed by atoms with Crippen molar-refractivity contribution in [2.24, 2.45) is 0 Å². The largest absolute Gasteiger partial charge is 0.479 e. The van der Waals surface area contributed by atoms with E-state index in [2.05, 4.69) is 10.6 Å². The third kappa shape index (κ3) is 3.45. The number of carbonyl (C=O) groups excluding carboxylic acids is 1. The van der Waals surface area contributed by atoms with Crippen molar-refractivity contribution >= 4 is 23.3 Å². The number of carbonyl (C=O) groups is 2. The van der Waals surface area contributed by atoms with Crippen molar-refractivity contribution < 1.29 is 19.4 Å². The fraction of sp³-hybridized carbons (Fsp3) is 0.500. The van der Waals surface area contributed by atoms with Gasteiger partial charge < -0.3 is 20.5 Å². The smallest absolute Gasteiger partial charge is 0.332 e. The van der Waals surface area contributed by atoms with Crippen LogP contribution in [0, 0.1) is 0 Å². The third-order valence-corrected chi connectivity index (χ3v) is 3.96. The van der Waals surface area contributed by atoms with Crippen LogP contribution in [0.15, 0.2) is 17.5 Å². The Morgan fingerprint density at radius 2 is 2.37 bits per heavy atom. The molecule has 1 fully saturated rings. The zero-order valence-corrected chi connectivity index (χ0v) is 11.2. The summed E-state index contributed by atoms with van der Waals surface area (Å²) in [6.07, 6.45) is 1.03. The minimum absolute atomic E-state index is 0.0146. The van der Waals surface area contributed by atoms with Crippen LogP contribution in [-0.2, 0) is 16.0 Å². The van der Waals surface area contributed by atoms with Gasteiger partial charge in [0, 0.05) is 24.4 Å². The first-order valence-electron chi connectivity index (χ1n) is 6.02. The normalized spacial score (nSPS) is 22.1. The van der Waals surface area contributed by atoms with E-state index in [0.29, 0.717) is 19.6 Å². The average Bonchev–Trinajstić information content (AvgIpc) is 3.00. The Hall–Kier alpha value is -1.60. The molecule has 1 aromatic rings. The van der Waals surface area contributed by atoms with E-state index in [0.717, 1.165) is 6.42 Å². The summed E-state index contributed by atoms with van der Waals surface area (Å²) in [7, 11) is 0. The van der Waals surface area contributed by atoms with E-state index >= 15 is 0 Å². The Labute approximate surface area is 114 Å². The first kappa shape index (κ1) is 13.8. The molecule has 1 atom stereocenters. The van der Waals surface area contributed by atoms with Gasteiger partial charge in [-0.25, -0.2) is 9.59 Å². The van der Waals surface area contributed by atoms with Crippen LogP contribution in [0.1, 0.15) is 11.3 Å². The summed E-state index contributed by atoms with van der Waals surface area (Å²) in [5.74, 6) is -1.06. The zero-order chi connectivity index (χ0) is 13.7. The second-order valence-corrected chi connectivity index (χ2v) is 5.43. The highest BCUT2D eigenvalue weighted by molar-refractivity contribution is 7.09. The number of amides is 2. The van der Waals surface area contributed by atoms with E-state index in [1.807, 2.05) is 17.5 Å². The lowest BCUT2D eigenvalue weighted by molar-refractivity contribution is -0.144. The van der Waals surface area contributed by atoms with Crippen molar-refractivity contribution in [3.63, 3.8) is 0 Å². The molecule has 1 saturated heterocycles. The molecule has 0 radical (unpaired) electrons. The van der Waals surface area contributed by atoms with Crippen molar-refractivity contribution in [3.05, 3.63) is 22.4 Å². The van der Waals surface area contributed by atoms with Gasteiger partial charge in [-0.15, -0.1) is 11.3 Å². The molecule has 2 amide bonds. The van der Waals surface area contributed by atoms with E-state index in [-0.39, 0.29) is 6.61 Å². The van der Waals surface area contributed by atoms with E-state index in [1.54, 1.807) is 11.3 Å². The average molecular weight is 284 g/mol. The quantitative estimate of drug-likeness (QED) is 0.747. The van der Waals surface area contributed by atoms with Gasteiger partial charge in [0.25, 0.3) is 0 Å². The minimum Gasteiger partial charge on any atom is -0.479 e. The van der Waals surface area contributed by atoms with Crippen LogP contribution >= 0.6 is 11.3 Å². The standard InChI is InChI=1S/C12H16N2O4S/c15-10(16)12(4-6-18-8-12)14-11(17)13-5-3-9-2-1-7-19-9/h1-2,7H,3-6,8H2,(H,15,16)(H2,13,14,17). The predicted octanol–water partition coefficient (Wildman–Crippen LogP) is 0.833. The molecule has 2 rings (SSSR count). The highest BCUT2D eigenvalue weighted by Gasteiger charge is 2.43. The fourth-order valence-corrected chi connectivity index (χ4v) is 2.61. The molecule has 1 unspecified atom stereocenters. The molecular weight excluding hydrogens is 268 g/mol. The van der Waals surface area contributed by atoms with Gasteiger partial charge in [0.1, 0.15) is 0 Å². The van der Waals surface area contributed by atoms with Crippen LogP contribution in [0.5, 0.6) is 0 Å². The second-order valence-electron chi connectivity index (χ2n) is 4.40. The van der Waals surface area contributed by atoms with Crippen molar-refractivity contribution in [3.8, 4) is 0 Å². The first-order chi connectivity index (χ1) is 9.12. The summed E-state index contributed by atoms with van der Waals surface area (Å²) >= 11 is 1.63. The van der Waals surface area contributed by atoms with Crippen LogP contribution in [0.25, 0.3) is 0 Å². The number of hydrogen-bond donors (Lipinski definition) is 3. The topological polar surface area (TPSA) is 87.7 Å². The number of urea groups is 1. The lowest BCUT2D eigenvalue weighted by Crippen LogP contribution is -2.57. The lowest BCUT2D eigenvalue weighted by atomic mass is 9.99. The van der Waals surface area contributed by atoms with Gasteiger partial charge in [-0.1, -0.05) is 6.07 Å². The van der Waals surface area contributed by atoms with Crippen LogP contribution in [0.2, 0.25) is 0 Å². The third-order valence-electron chi connectivity index (χ3n) is 3.02. The van der Waals surface area contributed by atoms with E-state index < -0.39 is 17.5 Å². The van der Waals surface area contributed by atoms with Crippen LogP contribution in [-0.4, -0.2) is 42.4 Å². The number of aliphatic carboxylic acids is 1. The zero-order valence-electron chi connectivity index (χ0n) is 10.3. The highest BCUT2D eigenvalue weighted by atomic mass is 32.1. The SMILES string of the molecule is O=C(NCCc1cccs1)NC1(C(=O)O)CCOC1. The number of ether oxygens (including phenoxy) is 1. The van der Waals surface area contributed by atoms with Crippen LogP contribution < -0.4 is 10.6 Å². The summed E-state index contributed by atoms with van der Waals surface area (Å²) in [5.41, 5.74) is -1.28. The Morgan fingerprint density at radius 3 is 2.95 bits per heavy atom. The Bertz CT molecular complexity index is 441. The minimum atomic E-state index is -1.28. The van der Waals surface area contributed by atoms with Gasteiger partial charge in [-0.05, 0) is 17.9 Å². The molecule has 0 saturated carbocycles. The molecule has 6 nitrogen and oxygen atoms in total. The second kappa shape index (κ2) is 6.03. The molecule has 19 heavy (non-hydrogen) atoms. The van der Waals surface area contributed by atoms with Crippen molar-refractivity contribution in [1.29, 1.82) is 0 Å². The Balaban J connectivity index is 1.78. The summed E-state index contributed by atoms with van der Waals surface area (Å²) < 4.78 is 5.06. The molecule has 3 N–H and O–H groups in total. The number of nitrogens with one attached hydrogen (secondary N) is 2. The van der Waals surface area contributed by atoms with Gasteiger partial charge in [-0.2, -0.15) is 0 Å². The van der Waals surface area contributed by atoms with Gasteiger partial charge >= 0.3 is 12.0 Å². The molecule has 2 heterocycles. The van der Waals surface area contributed by atoms with Crippen molar-refractivity contribution in [1.82, 2.24) is 10.6 Å². The molecule has 0 aliphatic carbocycles. The van der Waals surface area contributed by atoms with Gasteiger partial charge in [-0.3, -0.25) is 0 Å². The molecule has 7 heteroatoms. The number of carboxylic acids is 1. The van der Waals surface area contributed by atoms with Gasteiger partial charge in [0.05, 0.1) is 6.61 Å². The van der Waals surface area contributed by atoms with Gasteiger partial charge in [0.2, 0.25) is 0 Å². The molecule has 1 aromatic heterocycles. The highest BCUT2D eigenvalue weighted by Crippen LogP contribution is 2.18. The van der Waals surface area contributed by atoms with Gasteiger partial charge in [0.15, 0.2) is 5.54 Å². The predicted molar refractivity (Wildman–Crippen MR) is 70.4 cm³/mol. The van der Waals surface area contributed by atoms with Crippen LogP contribution in [0.3, 0.4) is 0 Å². The summed E-state index contributed by atoms with van der Waals surface area (Å²) in [6.45, 7) is 0.839. The molecule has 0 aromatic carbocycles. The number of rotatable bonds is 5. The fourth-order valence-electron chi connectivity index (χ4n) is 1.90. The first-order valence-corrected chi connectivity index (χ1v) is 6.90. The Morgan fingerprint density at radius 1 is 1.53 bits per heavy atom. The van der Waals surface area contributed by atoms with Crippen molar-refractivity contribution in [2.45, 2.75) is 18.4 Å². The van der Waals surface area contributed by atoms with E-state index in [1.165, 1.54) is 4.88 Å². The number of thiophene rings is 1. The molecule has 1 aliphatic heterocycles. The maximum absolute atomic E-state index is 11.7. The molecule has 1 aliphatic rings. The Kier molecular flexibility index (Phi) is 4.39. The summed E-state index contributed by atoms with van der Waals surface area (Å²) in [4.78, 5) is 24.1. The molecule has 104 valence electrons. The lowest BCUT2D eigenvalue weighted by Gasteiger charge is -2.23. The maximum Gasteiger partial charge on any atom is 0.332 e. The summed E-state index contributed by atoms with van der Waals surface area (Å²) in [5, 5.41) is 16.3. The van der Waals surface area contributed by atoms with Crippen LogP contribution in [0.4, 0.5) is 4.79 Å². The van der Waals surface area contributed by atoms with E-state index in [9.17, 15) is 9.59 Å². The molecule has 0 bridgehead atoms. The van der Waals surface area contributed by atoms with E-state index in [4.69, 9.17) is 9.84 Å². The monoisotopic (exact) mass is 284 g/mol. The number of hydrogen-bond acceptors (Lipinski definition) is 4. The number of carboxylic acid groups (broad SMARTS) is 1. The van der Waals surface area contributed by atoms with Crippen molar-refractivity contribution in [2.75, 3.05) is 19.8 Å². The maximum atomic E-state index is 11.7. The summed E-state index contributed by atoms with van der Waals surface area (Å²) in [6, 6.07) is 3.48.